The summed E-state index contributed by atoms with van der Waals surface area (Å²) in [6.07, 6.45) is 1.61. The van der Waals surface area contributed by atoms with E-state index < -0.39 is 20.5 Å². The number of aryl methyl sites for hydroxylation is 3. The van der Waals surface area contributed by atoms with Gasteiger partial charge in [0, 0.05) is 30.1 Å². The van der Waals surface area contributed by atoms with Gasteiger partial charge < -0.3 is 15.5 Å². The molecule has 0 fully saturated rings. The lowest BCUT2D eigenvalue weighted by molar-refractivity contribution is 0.1000. The number of carbonyl (C=O) groups excluding carboxylic acids is 1. The number of rotatable bonds is 7. The molecule has 14 heteroatoms. The average molecular weight is 460 g/mol. The van der Waals surface area contributed by atoms with E-state index in [0.29, 0.717) is 28.7 Å². The van der Waals surface area contributed by atoms with Crippen molar-refractivity contribution in [2.75, 3.05) is 0 Å². The molecule has 0 radical (unpaired) electrons. The molecule has 32 heavy (non-hydrogen) atoms. The van der Waals surface area contributed by atoms with Crippen molar-refractivity contribution < 1.29 is 23.7 Å². The van der Waals surface area contributed by atoms with Gasteiger partial charge in [-0.2, -0.15) is 10.2 Å². The van der Waals surface area contributed by atoms with Gasteiger partial charge >= 0.3 is 7.82 Å². The Bertz CT molecular complexity index is 1380. The third-order valence-corrected chi connectivity index (χ3v) is 5.29. The van der Waals surface area contributed by atoms with Crippen LogP contribution in [0.5, 0.6) is 0 Å². The Kier molecular flexibility index (Phi) is 5.42. The zero-order valence-electron chi connectivity index (χ0n) is 17.5. The lowest BCUT2D eigenvalue weighted by atomic mass is 10.1. The van der Waals surface area contributed by atoms with Crippen LogP contribution in [-0.4, -0.2) is 50.0 Å². The highest BCUT2D eigenvalue weighted by Crippen LogP contribution is 2.37. The molecule has 4 aromatic rings. The molecule has 4 N–H and O–H groups in total. The van der Waals surface area contributed by atoms with Crippen LogP contribution >= 0.6 is 7.82 Å². The highest BCUT2D eigenvalue weighted by atomic mass is 31.2. The molecular formula is C18H21N8O5P. The van der Waals surface area contributed by atoms with Crippen LogP contribution in [0, 0.1) is 6.92 Å². The van der Waals surface area contributed by atoms with E-state index in [1.165, 1.54) is 4.68 Å². The van der Waals surface area contributed by atoms with Gasteiger partial charge in [0.05, 0.1) is 17.4 Å². The number of primary amides is 1. The quantitative estimate of drug-likeness (QED) is 0.342. The van der Waals surface area contributed by atoms with Gasteiger partial charge in [-0.3, -0.25) is 18.7 Å². The molecule has 3 heterocycles. The normalized spacial score (nSPS) is 12.0. The molecule has 0 atom stereocenters. The summed E-state index contributed by atoms with van der Waals surface area (Å²) < 4.78 is 20.5. The van der Waals surface area contributed by atoms with Gasteiger partial charge in [-0.1, -0.05) is 0 Å². The topological polar surface area (TPSA) is 176 Å². The van der Waals surface area contributed by atoms with Gasteiger partial charge in [-0.25, -0.2) is 14.2 Å². The number of nitrogens with two attached hydrogens (primary N) is 1. The van der Waals surface area contributed by atoms with E-state index in [2.05, 4.69) is 24.8 Å². The maximum atomic E-state index is 11.9. The predicted octanol–water partition coefficient (Wildman–Crippen LogP) is 1.19. The minimum atomic E-state index is -4.76. The first kappa shape index (κ1) is 21.8. The summed E-state index contributed by atoms with van der Waals surface area (Å²) in [5.74, 6) is -0.132. The van der Waals surface area contributed by atoms with E-state index in [4.69, 9.17) is 15.5 Å². The van der Waals surface area contributed by atoms with Gasteiger partial charge in [0.25, 0.3) is 0 Å². The highest BCUT2D eigenvalue weighted by Gasteiger charge is 2.23. The SMILES string of the molecule is CCn1nc(C)cc1-c1nc(-c2cc(C(N)=O)cc3c2cnn3C)nn1COP(=O)(O)O. The molecule has 0 saturated carbocycles. The van der Waals surface area contributed by atoms with E-state index in [-0.39, 0.29) is 17.2 Å². The van der Waals surface area contributed by atoms with Crippen LogP contribution in [0.2, 0.25) is 0 Å². The van der Waals surface area contributed by atoms with Crippen molar-refractivity contribution in [3.63, 3.8) is 0 Å². The third-order valence-electron chi connectivity index (χ3n) is 4.84. The van der Waals surface area contributed by atoms with Crippen molar-refractivity contribution in [3.05, 3.63) is 35.7 Å². The number of phosphoric ester groups is 1. The summed E-state index contributed by atoms with van der Waals surface area (Å²) in [5, 5.41) is 13.7. The molecule has 0 bridgehead atoms. The summed E-state index contributed by atoms with van der Waals surface area (Å²) in [4.78, 5) is 34.8. The van der Waals surface area contributed by atoms with Gasteiger partial charge in [0.2, 0.25) is 5.91 Å². The number of aromatic nitrogens is 7. The number of nitrogens with zero attached hydrogens (tertiary/aromatic N) is 7. The summed E-state index contributed by atoms with van der Waals surface area (Å²) in [7, 11) is -3.03. The van der Waals surface area contributed by atoms with E-state index in [0.717, 1.165) is 5.69 Å². The van der Waals surface area contributed by atoms with E-state index in [9.17, 15) is 9.36 Å². The number of phosphoric acid groups is 1. The Hall–Kier alpha value is -3.38. The zero-order valence-corrected chi connectivity index (χ0v) is 18.4. The molecule has 4 rings (SSSR count). The molecule has 0 aliphatic rings. The maximum absolute atomic E-state index is 11.9. The number of amides is 1. The summed E-state index contributed by atoms with van der Waals surface area (Å²) in [5.41, 5.74) is 8.20. The highest BCUT2D eigenvalue weighted by molar-refractivity contribution is 7.46. The van der Waals surface area contributed by atoms with Gasteiger partial charge in [0.15, 0.2) is 18.4 Å². The van der Waals surface area contributed by atoms with Crippen LogP contribution in [0.3, 0.4) is 0 Å². The first-order valence-electron chi connectivity index (χ1n) is 9.53. The molecule has 168 valence electrons. The summed E-state index contributed by atoms with van der Waals surface area (Å²) in [6.45, 7) is 3.71. The summed E-state index contributed by atoms with van der Waals surface area (Å²) >= 11 is 0. The van der Waals surface area contributed by atoms with Crippen molar-refractivity contribution in [3.8, 4) is 22.9 Å². The van der Waals surface area contributed by atoms with Gasteiger partial charge in [-0.05, 0) is 32.0 Å². The minimum Gasteiger partial charge on any atom is -0.366 e. The molecular weight excluding hydrogens is 439 g/mol. The monoisotopic (exact) mass is 460 g/mol. The smallest absolute Gasteiger partial charge is 0.366 e. The van der Waals surface area contributed by atoms with Crippen molar-refractivity contribution in [1.29, 1.82) is 0 Å². The molecule has 0 saturated heterocycles. The van der Waals surface area contributed by atoms with Gasteiger partial charge in [-0.15, -0.1) is 5.10 Å². The van der Waals surface area contributed by atoms with E-state index >= 15 is 0 Å². The fraction of sp³-hybridized carbons (Fsp3) is 0.278. The molecule has 13 nitrogen and oxygen atoms in total. The number of carbonyl (C=O) groups is 1. The van der Waals surface area contributed by atoms with Crippen LogP contribution in [0.4, 0.5) is 0 Å². The zero-order chi connectivity index (χ0) is 23.2. The van der Waals surface area contributed by atoms with Crippen LogP contribution < -0.4 is 5.73 Å². The van der Waals surface area contributed by atoms with Crippen molar-refractivity contribution in [1.82, 2.24) is 34.3 Å². The Labute approximate surface area is 181 Å². The average Bonchev–Trinajstić information content (AvgIpc) is 3.41. The molecule has 3 aromatic heterocycles. The molecule has 0 spiro atoms. The number of hydrogen-bond donors (Lipinski definition) is 3. The van der Waals surface area contributed by atoms with Crippen LogP contribution in [-0.2, 0) is 29.4 Å². The van der Waals surface area contributed by atoms with Crippen molar-refractivity contribution in [2.45, 2.75) is 27.1 Å². The molecule has 0 aliphatic heterocycles. The first-order chi connectivity index (χ1) is 15.1. The second kappa shape index (κ2) is 7.95. The van der Waals surface area contributed by atoms with E-state index in [1.54, 1.807) is 40.8 Å². The Morgan fingerprint density at radius 3 is 2.62 bits per heavy atom. The van der Waals surface area contributed by atoms with Crippen molar-refractivity contribution >= 4 is 24.6 Å². The Balaban J connectivity index is 1.94. The summed E-state index contributed by atoms with van der Waals surface area (Å²) in [6, 6.07) is 4.96. The lowest BCUT2D eigenvalue weighted by Crippen LogP contribution is -2.11. The largest absolute Gasteiger partial charge is 0.471 e. The fourth-order valence-electron chi connectivity index (χ4n) is 3.41. The van der Waals surface area contributed by atoms with Gasteiger partial charge in [0.1, 0.15) is 5.69 Å². The van der Waals surface area contributed by atoms with Crippen LogP contribution in [0.1, 0.15) is 23.0 Å². The number of benzene rings is 1. The lowest BCUT2D eigenvalue weighted by Gasteiger charge is -2.08. The second-order valence-electron chi connectivity index (χ2n) is 7.08. The first-order valence-corrected chi connectivity index (χ1v) is 11.1. The number of fused-ring (bicyclic) bond motifs is 1. The van der Waals surface area contributed by atoms with Crippen LogP contribution in [0.25, 0.3) is 33.8 Å². The Morgan fingerprint density at radius 2 is 1.97 bits per heavy atom. The molecule has 0 unspecified atom stereocenters. The Morgan fingerprint density at radius 1 is 1.22 bits per heavy atom. The maximum Gasteiger partial charge on any atom is 0.471 e. The standard InChI is InChI=1S/C18H21N8O5P/c1-4-25-15(5-10(2)22-25)18-21-17(23-26(18)9-31-32(28,29)30)12-6-11(16(19)27)7-14-13(12)8-20-24(14)3/h5-8H,4,9H2,1-3H3,(H2,19,27)(H2,28,29,30). The molecule has 0 aliphatic carbocycles. The predicted molar refractivity (Wildman–Crippen MR) is 113 cm³/mol. The molecule has 1 amide bonds. The molecule has 1 aromatic carbocycles. The minimum absolute atomic E-state index is 0.205. The van der Waals surface area contributed by atoms with E-state index in [1.807, 2.05) is 13.8 Å². The third kappa shape index (κ3) is 4.06. The fourth-order valence-corrected chi connectivity index (χ4v) is 3.67. The van der Waals surface area contributed by atoms with Crippen LogP contribution in [0.15, 0.2) is 24.4 Å². The number of hydrogen-bond acceptors (Lipinski definition) is 7. The second-order valence-corrected chi connectivity index (χ2v) is 8.32. The van der Waals surface area contributed by atoms with Crippen molar-refractivity contribution in [2.24, 2.45) is 12.8 Å².